The van der Waals surface area contributed by atoms with Crippen LogP contribution in [0.2, 0.25) is 0 Å². The summed E-state index contributed by atoms with van der Waals surface area (Å²) in [4.78, 5) is 7.15. The van der Waals surface area contributed by atoms with Gasteiger partial charge >= 0.3 is 0 Å². The van der Waals surface area contributed by atoms with Crippen molar-refractivity contribution in [3.8, 4) is 22.3 Å². The van der Waals surface area contributed by atoms with E-state index in [0.29, 0.717) is 0 Å². The van der Waals surface area contributed by atoms with Crippen molar-refractivity contribution in [3.63, 3.8) is 0 Å². The van der Waals surface area contributed by atoms with Crippen molar-refractivity contribution < 1.29 is 0 Å². The second-order valence-corrected chi connectivity index (χ2v) is 17.4. The molecule has 206 valence electrons. The molecule has 1 unspecified atom stereocenters. The molecule has 0 aliphatic carbocycles. The fourth-order valence-electron chi connectivity index (χ4n) is 6.09. The highest BCUT2D eigenvalue weighted by Crippen LogP contribution is 2.62. The fraction of sp³-hybridized carbons (Fsp3) is 0.278. The van der Waals surface area contributed by atoms with E-state index in [1.807, 2.05) is 12.4 Å². The van der Waals surface area contributed by atoms with Crippen molar-refractivity contribution >= 4 is 17.2 Å². The number of hydrogen-bond acceptors (Lipinski definition) is 0. The Morgan fingerprint density at radius 2 is 1.05 bits per heavy atom. The Hall–Kier alpha value is -2.92. The van der Waals surface area contributed by atoms with Crippen LogP contribution < -0.4 is 0 Å². The van der Waals surface area contributed by atoms with Crippen LogP contribution in [-0.4, -0.2) is 20.3 Å². The highest BCUT2D eigenvalue weighted by molar-refractivity contribution is 7.60. The fourth-order valence-corrected chi connectivity index (χ4v) is 10.3. The monoisotopic (exact) mass is 564 g/mol. The lowest BCUT2D eigenvalue weighted by Crippen LogP contribution is -2.28. The summed E-state index contributed by atoms with van der Waals surface area (Å²) in [5.74, 6) is 0. The van der Waals surface area contributed by atoms with Crippen LogP contribution in [0, 0.1) is 0 Å². The van der Waals surface area contributed by atoms with Crippen molar-refractivity contribution in [2.45, 2.75) is 63.2 Å². The summed E-state index contributed by atoms with van der Waals surface area (Å²) < 4.78 is 0. The summed E-state index contributed by atoms with van der Waals surface area (Å²) in [6.07, 6.45) is 5.11. The molecule has 0 bridgehead atoms. The maximum atomic E-state index is 3.58. The Kier molecular flexibility index (Phi) is 7.98. The van der Waals surface area contributed by atoms with Gasteiger partial charge in [0.1, 0.15) is 0 Å². The molecule has 0 saturated heterocycles. The third-order valence-corrected chi connectivity index (χ3v) is 12.7. The zero-order valence-electron chi connectivity index (χ0n) is 24.6. The molecule has 2 aromatic heterocycles. The minimum Gasteiger partial charge on any atom is -0.364 e. The Morgan fingerprint density at radius 3 is 1.45 bits per heavy atom. The smallest absolute Gasteiger partial charge is 0.0891 e. The molecule has 0 fully saturated rings. The first-order valence-corrected chi connectivity index (χ1v) is 16.2. The van der Waals surface area contributed by atoms with Gasteiger partial charge in [-0.05, 0) is 86.3 Å². The van der Waals surface area contributed by atoms with Crippen molar-refractivity contribution in [3.05, 3.63) is 132 Å². The van der Waals surface area contributed by atoms with Gasteiger partial charge in [0, 0.05) is 23.8 Å². The van der Waals surface area contributed by atoms with Crippen LogP contribution in [0.5, 0.6) is 0 Å². The van der Waals surface area contributed by atoms with Gasteiger partial charge in [-0.15, -0.1) is 9.24 Å². The highest BCUT2D eigenvalue weighted by Gasteiger charge is 2.39. The number of aromatic amines is 2. The lowest BCUT2D eigenvalue weighted by atomic mass is 9.83. The topological polar surface area (TPSA) is 31.6 Å². The largest absolute Gasteiger partial charge is 0.364 e. The summed E-state index contributed by atoms with van der Waals surface area (Å²) in [6, 6.07) is 35.3. The van der Waals surface area contributed by atoms with Crippen LogP contribution in [0.25, 0.3) is 22.3 Å². The Balaban J connectivity index is 1.87. The van der Waals surface area contributed by atoms with E-state index < -0.39 is 5.16 Å². The lowest BCUT2D eigenvalue weighted by Gasteiger charge is -2.43. The van der Waals surface area contributed by atoms with Crippen LogP contribution in [0.15, 0.2) is 109 Å². The van der Waals surface area contributed by atoms with E-state index in [9.17, 15) is 0 Å². The van der Waals surface area contributed by atoms with Gasteiger partial charge in [-0.1, -0.05) is 110 Å². The second kappa shape index (κ2) is 11.2. The van der Waals surface area contributed by atoms with Crippen molar-refractivity contribution in [2.75, 3.05) is 0 Å². The summed E-state index contributed by atoms with van der Waals surface area (Å²) >= 11 is 0. The van der Waals surface area contributed by atoms with Gasteiger partial charge < -0.3 is 9.97 Å². The van der Waals surface area contributed by atoms with E-state index in [2.05, 4.69) is 158 Å². The van der Waals surface area contributed by atoms with Gasteiger partial charge in [-0.2, -0.15) is 0 Å². The third kappa shape index (κ3) is 5.63. The van der Waals surface area contributed by atoms with Gasteiger partial charge in [0.25, 0.3) is 0 Å². The molecule has 4 heteroatoms. The summed E-state index contributed by atoms with van der Waals surface area (Å²) in [5, 5.41) is -0.0472. The summed E-state index contributed by atoms with van der Waals surface area (Å²) in [7, 11) is 2.88. The first kappa shape index (κ1) is 28.6. The standard InChI is InChI=1S/C36H42N2P2/c1-34(2,3)40(35(4,5)6)25-28-23-29(26-15-9-7-10-16-26)30(27-17-11-8-12-18-27)24-31(28)36(39,32-19-13-21-37-32)33-20-14-22-38-33/h7-24,37-38H,25,39H2,1-6H3. The van der Waals surface area contributed by atoms with Crippen LogP contribution in [-0.2, 0) is 11.3 Å². The number of nitrogens with one attached hydrogen (secondary N) is 2. The quantitative estimate of drug-likeness (QED) is 0.184. The van der Waals surface area contributed by atoms with Crippen LogP contribution in [0.1, 0.15) is 64.1 Å². The molecule has 0 amide bonds. The summed E-state index contributed by atoms with van der Waals surface area (Å²) in [5.41, 5.74) is 10.1. The minimum absolute atomic E-state index is 0.207. The maximum Gasteiger partial charge on any atom is 0.0891 e. The second-order valence-electron chi connectivity index (χ2n) is 12.7. The van der Waals surface area contributed by atoms with Crippen molar-refractivity contribution in [2.24, 2.45) is 0 Å². The molecule has 40 heavy (non-hydrogen) atoms. The van der Waals surface area contributed by atoms with Gasteiger partial charge in [0.05, 0.1) is 5.16 Å². The van der Waals surface area contributed by atoms with Gasteiger partial charge in [0.2, 0.25) is 0 Å². The number of hydrogen-bond donors (Lipinski definition) is 2. The molecule has 5 rings (SSSR count). The van der Waals surface area contributed by atoms with Gasteiger partial charge in [-0.25, -0.2) is 0 Å². The van der Waals surface area contributed by atoms with Crippen LogP contribution in [0.4, 0.5) is 0 Å². The molecule has 0 saturated carbocycles. The molecular weight excluding hydrogens is 522 g/mol. The zero-order chi connectivity index (χ0) is 28.5. The molecule has 1 atom stereocenters. The predicted octanol–water partition coefficient (Wildman–Crippen LogP) is 10.4. The SMILES string of the molecule is CC(C)(C)P(Cc1cc(-c2ccccc2)c(-c2ccccc2)cc1C(P)(c1ccc[nH]1)c1ccc[nH]1)C(C)(C)C. The Bertz CT molecular complexity index is 1470. The molecule has 3 aromatic carbocycles. The minimum atomic E-state index is -0.460. The van der Waals surface area contributed by atoms with E-state index in [-0.39, 0.29) is 18.2 Å². The van der Waals surface area contributed by atoms with E-state index >= 15 is 0 Å². The molecule has 5 aromatic rings. The molecule has 0 radical (unpaired) electrons. The first-order valence-electron chi connectivity index (χ1n) is 14.1. The number of benzene rings is 3. The number of H-pyrrole nitrogens is 2. The number of aromatic nitrogens is 2. The molecule has 0 aliphatic heterocycles. The Labute approximate surface area is 244 Å². The molecule has 2 N–H and O–H groups in total. The van der Waals surface area contributed by atoms with Crippen LogP contribution in [0.3, 0.4) is 0 Å². The van der Waals surface area contributed by atoms with E-state index in [4.69, 9.17) is 0 Å². The van der Waals surface area contributed by atoms with Crippen LogP contribution >= 0.6 is 17.2 Å². The number of rotatable bonds is 7. The first-order chi connectivity index (χ1) is 19.0. The highest BCUT2D eigenvalue weighted by atomic mass is 31.1. The Morgan fingerprint density at radius 1 is 0.600 bits per heavy atom. The molecule has 2 heterocycles. The van der Waals surface area contributed by atoms with Crippen molar-refractivity contribution in [1.29, 1.82) is 0 Å². The van der Waals surface area contributed by atoms with E-state index in [1.165, 1.54) is 33.4 Å². The zero-order valence-corrected chi connectivity index (χ0v) is 26.7. The van der Waals surface area contributed by atoms with E-state index in [0.717, 1.165) is 17.5 Å². The molecule has 0 aliphatic rings. The molecule has 2 nitrogen and oxygen atoms in total. The molecular formula is C36H42N2P2. The third-order valence-electron chi connectivity index (χ3n) is 7.83. The van der Waals surface area contributed by atoms with Crippen molar-refractivity contribution in [1.82, 2.24) is 9.97 Å². The molecule has 0 spiro atoms. The predicted molar refractivity (Wildman–Crippen MR) is 179 cm³/mol. The normalized spacial score (nSPS) is 12.7. The average Bonchev–Trinajstić information content (AvgIpc) is 3.66. The van der Waals surface area contributed by atoms with Gasteiger partial charge in [0.15, 0.2) is 0 Å². The maximum absolute atomic E-state index is 3.58. The van der Waals surface area contributed by atoms with E-state index in [1.54, 1.807) is 0 Å². The average molecular weight is 565 g/mol. The lowest BCUT2D eigenvalue weighted by molar-refractivity contribution is 0.701. The summed E-state index contributed by atoms with van der Waals surface area (Å²) in [6.45, 7) is 14.5. The van der Waals surface area contributed by atoms with Gasteiger partial charge in [-0.3, -0.25) is 0 Å².